The summed E-state index contributed by atoms with van der Waals surface area (Å²) in [6.45, 7) is 7.23. The van der Waals surface area contributed by atoms with Crippen LogP contribution in [0.2, 0.25) is 0 Å². The van der Waals surface area contributed by atoms with Crippen molar-refractivity contribution >= 4 is 0 Å². The van der Waals surface area contributed by atoms with Crippen LogP contribution in [0.3, 0.4) is 0 Å². The molecule has 0 aromatic rings. The molecular weight excluding hydrogens is 182 g/mol. The Bertz CT molecular complexity index is 120. The van der Waals surface area contributed by atoms with Crippen LogP contribution in [0.15, 0.2) is 0 Å². The Labute approximate surface area is 86.7 Å². The van der Waals surface area contributed by atoms with Gasteiger partial charge in [0.15, 0.2) is 0 Å². The Hall–Kier alpha value is -0.160. The zero-order valence-electron chi connectivity index (χ0n) is 9.49. The number of ether oxygens (including phenoxy) is 3. The second-order valence-electron chi connectivity index (χ2n) is 3.59. The predicted octanol–water partition coefficient (Wildman–Crippen LogP) is 0.649. The molecule has 0 radical (unpaired) electrons. The van der Waals surface area contributed by atoms with E-state index in [1.165, 1.54) is 0 Å². The second kappa shape index (κ2) is 9.40. The first-order valence-corrected chi connectivity index (χ1v) is 5.08. The van der Waals surface area contributed by atoms with Crippen LogP contribution < -0.4 is 5.73 Å². The van der Waals surface area contributed by atoms with E-state index < -0.39 is 0 Å². The molecule has 0 heterocycles. The monoisotopic (exact) mass is 205 g/mol. The van der Waals surface area contributed by atoms with Crippen LogP contribution in [0.5, 0.6) is 0 Å². The molecule has 4 nitrogen and oxygen atoms in total. The average molecular weight is 205 g/mol. The summed E-state index contributed by atoms with van der Waals surface area (Å²) in [4.78, 5) is 0. The highest BCUT2D eigenvalue weighted by molar-refractivity contribution is 4.63. The van der Waals surface area contributed by atoms with E-state index in [1.54, 1.807) is 7.11 Å². The Morgan fingerprint density at radius 1 is 1.00 bits per heavy atom. The summed E-state index contributed by atoms with van der Waals surface area (Å²) >= 11 is 0. The van der Waals surface area contributed by atoms with Crippen LogP contribution in [0, 0.1) is 5.92 Å². The van der Waals surface area contributed by atoms with Gasteiger partial charge in [-0.1, -0.05) is 13.8 Å². The van der Waals surface area contributed by atoms with Gasteiger partial charge in [-0.25, -0.2) is 0 Å². The number of rotatable bonds is 9. The predicted molar refractivity (Wildman–Crippen MR) is 56.3 cm³/mol. The minimum atomic E-state index is 0.119. The van der Waals surface area contributed by atoms with E-state index in [2.05, 4.69) is 13.8 Å². The Morgan fingerprint density at radius 2 is 1.57 bits per heavy atom. The van der Waals surface area contributed by atoms with Crippen molar-refractivity contribution in [2.24, 2.45) is 11.7 Å². The van der Waals surface area contributed by atoms with Crippen molar-refractivity contribution in [3.8, 4) is 0 Å². The van der Waals surface area contributed by atoms with Gasteiger partial charge in [-0.3, -0.25) is 0 Å². The van der Waals surface area contributed by atoms with Crippen molar-refractivity contribution in [2.45, 2.75) is 19.9 Å². The van der Waals surface area contributed by atoms with Gasteiger partial charge in [-0.2, -0.15) is 0 Å². The average Bonchev–Trinajstić information content (AvgIpc) is 2.16. The number of methoxy groups -OCH3 is 1. The lowest BCUT2D eigenvalue weighted by Crippen LogP contribution is -2.32. The molecule has 0 bridgehead atoms. The first-order valence-electron chi connectivity index (χ1n) is 5.08. The summed E-state index contributed by atoms with van der Waals surface area (Å²) < 4.78 is 15.4. The third-order valence-corrected chi connectivity index (χ3v) is 1.97. The lowest BCUT2D eigenvalue weighted by atomic mass is 10.1. The van der Waals surface area contributed by atoms with E-state index in [4.69, 9.17) is 19.9 Å². The topological polar surface area (TPSA) is 53.7 Å². The van der Waals surface area contributed by atoms with Gasteiger partial charge in [0.25, 0.3) is 0 Å². The third kappa shape index (κ3) is 8.44. The Balaban J connectivity index is 3.06. The molecule has 0 aliphatic heterocycles. The second-order valence-corrected chi connectivity index (χ2v) is 3.59. The standard InChI is InChI=1S/C10H23NO3/c1-9(2)10(11)8-14-7-6-13-5-4-12-3/h9-10H,4-8,11H2,1-3H3. The zero-order valence-corrected chi connectivity index (χ0v) is 9.49. The van der Waals surface area contributed by atoms with Gasteiger partial charge in [0.2, 0.25) is 0 Å². The van der Waals surface area contributed by atoms with Gasteiger partial charge in [0, 0.05) is 13.2 Å². The molecule has 1 atom stereocenters. The summed E-state index contributed by atoms with van der Waals surface area (Å²) in [6, 6.07) is 0.119. The summed E-state index contributed by atoms with van der Waals surface area (Å²) in [6.07, 6.45) is 0. The molecule has 86 valence electrons. The normalized spacial score (nSPS) is 13.5. The van der Waals surface area contributed by atoms with E-state index in [0.29, 0.717) is 39.0 Å². The van der Waals surface area contributed by atoms with E-state index >= 15 is 0 Å². The molecule has 0 amide bonds. The molecule has 4 heteroatoms. The highest BCUT2D eigenvalue weighted by Crippen LogP contribution is 1.97. The van der Waals surface area contributed by atoms with Crippen LogP contribution in [0.25, 0.3) is 0 Å². The fourth-order valence-electron chi connectivity index (χ4n) is 0.774. The lowest BCUT2D eigenvalue weighted by molar-refractivity contribution is 0.0192. The number of hydrogen-bond acceptors (Lipinski definition) is 4. The molecule has 0 fully saturated rings. The molecule has 1 unspecified atom stereocenters. The Kier molecular flexibility index (Phi) is 9.29. The molecule has 0 saturated heterocycles. The highest BCUT2D eigenvalue weighted by atomic mass is 16.5. The molecule has 0 aromatic carbocycles. The van der Waals surface area contributed by atoms with Crippen molar-refractivity contribution in [2.75, 3.05) is 40.1 Å². The number of hydrogen-bond donors (Lipinski definition) is 1. The molecule has 0 aromatic heterocycles. The number of nitrogens with two attached hydrogens (primary N) is 1. The summed E-state index contributed by atoms with van der Waals surface area (Å²) in [5, 5.41) is 0. The van der Waals surface area contributed by atoms with E-state index in [-0.39, 0.29) is 6.04 Å². The van der Waals surface area contributed by atoms with E-state index in [0.717, 1.165) is 0 Å². The van der Waals surface area contributed by atoms with Crippen molar-refractivity contribution in [1.82, 2.24) is 0 Å². The minimum absolute atomic E-state index is 0.119. The van der Waals surface area contributed by atoms with Gasteiger partial charge in [0.1, 0.15) is 0 Å². The maximum Gasteiger partial charge on any atom is 0.0701 e. The van der Waals surface area contributed by atoms with Crippen molar-refractivity contribution in [1.29, 1.82) is 0 Å². The van der Waals surface area contributed by atoms with Crippen LogP contribution in [-0.2, 0) is 14.2 Å². The van der Waals surface area contributed by atoms with Gasteiger partial charge in [-0.15, -0.1) is 0 Å². The molecule has 0 saturated carbocycles. The van der Waals surface area contributed by atoms with Gasteiger partial charge >= 0.3 is 0 Å². The molecule has 0 rings (SSSR count). The first-order chi connectivity index (χ1) is 6.68. The largest absolute Gasteiger partial charge is 0.382 e. The zero-order chi connectivity index (χ0) is 10.8. The van der Waals surface area contributed by atoms with Crippen molar-refractivity contribution < 1.29 is 14.2 Å². The maximum atomic E-state index is 5.79. The van der Waals surface area contributed by atoms with Gasteiger partial charge < -0.3 is 19.9 Å². The van der Waals surface area contributed by atoms with Crippen molar-refractivity contribution in [3.63, 3.8) is 0 Å². The van der Waals surface area contributed by atoms with Crippen LogP contribution in [-0.4, -0.2) is 46.2 Å². The fourth-order valence-corrected chi connectivity index (χ4v) is 0.774. The SMILES string of the molecule is COCCOCCOCC(N)C(C)C. The molecule has 0 spiro atoms. The fraction of sp³-hybridized carbons (Fsp3) is 1.00. The summed E-state index contributed by atoms with van der Waals surface area (Å²) in [7, 11) is 1.65. The maximum absolute atomic E-state index is 5.79. The lowest BCUT2D eigenvalue weighted by Gasteiger charge is -2.15. The molecular formula is C10H23NO3. The smallest absolute Gasteiger partial charge is 0.0701 e. The minimum Gasteiger partial charge on any atom is -0.382 e. The summed E-state index contributed by atoms with van der Waals surface area (Å²) in [5.74, 6) is 0.462. The first kappa shape index (κ1) is 13.8. The molecule has 14 heavy (non-hydrogen) atoms. The molecule has 0 aliphatic carbocycles. The van der Waals surface area contributed by atoms with Crippen LogP contribution >= 0.6 is 0 Å². The quantitative estimate of drug-likeness (QED) is 0.561. The van der Waals surface area contributed by atoms with E-state index in [9.17, 15) is 0 Å². The van der Waals surface area contributed by atoms with Crippen LogP contribution in [0.1, 0.15) is 13.8 Å². The van der Waals surface area contributed by atoms with Crippen LogP contribution in [0.4, 0.5) is 0 Å². The van der Waals surface area contributed by atoms with Gasteiger partial charge in [-0.05, 0) is 5.92 Å². The third-order valence-electron chi connectivity index (χ3n) is 1.97. The Morgan fingerprint density at radius 3 is 2.14 bits per heavy atom. The van der Waals surface area contributed by atoms with E-state index in [1.807, 2.05) is 0 Å². The molecule has 0 aliphatic rings. The van der Waals surface area contributed by atoms with Crippen molar-refractivity contribution in [3.05, 3.63) is 0 Å². The van der Waals surface area contributed by atoms with Gasteiger partial charge in [0.05, 0.1) is 33.0 Å². The highest BCUT2D eigenvalue weighted by Gasteiger charge is 2.06. The summed E-state index contributed by atoms with van der Waals surface area (Å²) in [5.41, 5.74) is 5.79. The molecule has 2 N–H and O–H groups in total.